The minimum absolute atomic E-state index is 0.393. The lowest BCUT2D eigenvalue weighted by atomic mass is 9.90. The second-order valence-electron chi connectivity index (χ2n) is 4.86. The molecule has 0 aromatic carbocycles. The molecular formula is C12H25N. The van der Waals surface area contributed by atoms with E-state index in [1.165, 1.54) is 12.1 Å². The highest BCUT2D eigenvalue weighted by molar-refractivity contribution is 5.02. The van der Waals surface area contributed by atoms with Gasteiger partial charge < -0.3 is 4.90 Å². The van der Waals surface area contributed by atoms with E-state index < -0.39 is 0 Å². The van der Waals surface area contributed by atoms with Gasteiger partial charge in [-0.3, -0.25) is 0 Å². The molecule has 1 nitrogen and oxygen atoms in total. The largest absolute Gasteiger partial charge is 0.378 e. The van der Waals surface area contributed by atoms with Gasteiger partial charge in [0.1, 0.15) is 0 Å². The molecule has 0 aromatic rings. The van der Waals surface area contributed by atoms with Gasteiger partial charge in [0, 0.05) is 19.3 Å². The molecule has 0 amide bonds. The second-order valence-corrected chi connectivity index (χ2v) is 4.86. The third-order valence-corrected chi connectivity index (χ3v) is 2.12. The summed E-state index contributed by atoms with van der Waals surface area (Å²) in [5, 5.41) is 0. The number of hydrogen-bond acceptors (Lipinski definition) is 1. The van der Waals surface area contributed by atoms with E-state index >= 15 is 0 Å². The predicted molar refractivity (Wildman–Crippen MR) is 60.8 cm³/mol. The van der Waals surface area contributed by atoms with Crippen LogP contribution in [0.25, 0.3) is 0 Å². The lowest BCUT2D eigenvalue weighted by molar-refractivity contribution is 0.333. The van der Waals surface area contributed by atoms with Crippen LogP contribution in [0, 0.1) is 5.41 Å². The minimum atomic E-state index is 0.393. The van der Waals surface area contributed by atoms with Crippen LogP contribution in [-0.4, -0.2) is 18.5 Å². The highest BCUT2D eigenvalue weighted by Gasteiger charge is 2.14. The smallest absolute Gasteiger partial charge is 0.0143 e. The normalized spacial score (nSPS) is 13.2. The standard InChI is InChI=1S/C12H25N/c1-7-9-11(13(6)8-2)10-12(3,4)5/h9H,7-8,10H2,1-6H3/b11-9+. The topological polar surface area (TPSA) is 3.24 Å². The third-order valence-electron chi connectivity index (χ3n) is 2.12. The van der Waals surface area contributed by atoms with Crippen molar-refractivity contribution in [1.29, 1.82) is 0 Å². The van der Waals surface area contributed by atoms with Crippen LogP contribution in [0.2, 0.25) is 0 Å². The molecule has 0 atom stereocenters. The number of allylic oxidation sites excluding steroid dienone is 2. The molecule has 0 aliphatic carbocycles. The Morgan fingerprint density at radius 2 is 1.77 bits per heavy atom. The zero-order chi connectivity index (χ0) is 10.5. The van der Waals surface area contributed by atoms with E-state index in [1.807, 2.05) is 0 Å². The molecule has 0 rings (SSSR count). The number of rotatable bonds is 4. The van der Waals surface area contributed by atoms with Crippen molar-refractivity contribution in [2.75, 3.05) is 13.6 Å². The van der Waals surface area contributed by atoms with Gasteiger partial charge in [-0.05, 0) is 25.2 Å². The molecule has 0 saturated carbocycles. The van der Waals surface area contributed by atoms with Crippen molar-refractivity contribution in [3.63, 3.8) is 0 Å². The molecule has 0 spiro atoms. The van der Waals surface area contributed by atoms with Crippen molar-refractivity contribution in [3.05, 3.63) is 11.8 Å². The van der Waals surface area contributed by atoms with Gasteiger partial charge >= 0.3 is 0 Å². The van der Waals surface area contributed by atoms with Crippen molar-refractivity contribution < 1.29 is 0 Å². The van der Waals surface area contributed by atoms with Gasteiger partial charge in [-0.2, -0.15) is 0 Å². The van der Waals surface area contributed by atoms with Crippen LogP contribution < -0.4 is 0 Å². The van der Waals surface area contributed by atoms with Crippen LogP contribution in [-0.2, 0) is 0 Å². The molecule has 0 aliphatic rings. The summed E-state index contributed by atoms with van der Waals surface area (Å²) in [5.41, 5.74) is 1.88. The molecule has 13 heavy (non-hydrogen) atoms. The fourth-order valence-corrected chi connectivity index (χ4v) is 1.35. The Morgan fingerprint density at radius 1 is 1.23 bits per heavy atom. The van der Waals surface area contributed by atoms with Gasteiger partial charge in [0.2, 0.25) is 0 Å². The Kier molecular flexibility index (Phi) is 5.12. The molecule has 0 radical (unpaired) electrons. The van der Waals surface area contributed by atoms with Gasteiger partial charge in [0.25, 0.3) is 0 Å². The maximum Gasteiger partial charge on any atom is 0.0143 e. The monoisotopic (exact) mass is 183 g/mol. The summed E-state index contributed by atoms with van der Waals surface area (Å²) in [6, 6.07) is 0. The van der Waals surface area contributed by atoms with Crippen LogP contribution in [0.5, 0.6) is 0 Å². The van der Waals surface area contributed by atoms with Crippen molar-refractivity contribution in [1.82, 2.24) is 4.90 Å². The lowest BCUT2D eigenvalue weighted by Crippen LogP contribution is -2.21. The fourth-order valence-electron chi connectivity index (χ4n) is 1.35. The van der Waals surface area contributed by atoms with E-state index in [9.17, 15) is 0 Å². The molecule has 0 unspecified atom stereocenters. The molecule has 1 heteroatoms. The minimum Gasteiger partial charge on any atom is -0.378 e. The highest BCUT2D eigenvalue weighted by atomic mass is 15.1. The molecule has 0 aliphatic heterocycles. The van der Waals surface area contributed by atoms with E-state index in [0.29, 0.717) is 5.41 Å². The summed E-state index contributed by atoms with van der Waals surface area (Å²) in [7, 11) is 2.17. The fraction of sp³-hybridized carbons (Fsp3) is 0.833. The quantitative estimate of drug-likeness (QED) is 0.643. The lowest BCUT2D eigenvalue weighted by Gasteiger charge is -2.27. The first-order valence-corrected chi connectivity index (χ1v) is 5.31. The molecule has 0 N–H and O–H groups in total. The van der Waals surface area contributed by atoms with Crippen molar-refractivity contribution >= 4 is 0 Å². The molecule has 78 valence electrons. The van der Waals surface area contributed by atoms with E-state index in [-0.39, 0.29) is 0 Å². The van der Waals surface area contributed by atoms with E-state index in [4.69, 9.17) is 0 Å². The number of nitrogens with zero attached hydrogens (tertiary/aromatic N) is 1. The van der Waals surface area contributed by atoms with E-state index in [2.05, 4.69) is 52.6 Å². The summed E-state index contributed by atoms with van der Waals surface area (Å²) < 4.78 is 0. The molecule has 0 aromatic heterocycles. The summed E-state index contributed by atoms with van der Waals surface area (Å²) in [6.45, 7) is 12.4. The predicted octanol–water partition coefficient (Wildman–Crippen LogP) is 3.67. The Labute approximate surface area is 83.8 Å². The van der Waals surface area contributed by atoms with Crippen molar-refractivity contribution in [2.45, 2.75) is 47.5 Å². The molecular weight excluding hydrogens is 158 g/mol. The second kappa shape index (κ2) is 5.31. The molecule has 0 fully saturated rings. The highest BCUT2D eigenvalue weighted by Crippen LogP contribution is 2.25. The average Bonchev–Trinajstić information content (AvgIpc) is 2.00. The van der Waals surface area contributed by atoms with E-state index in [1.54, 1.807) is 0 Å². The maximum absolute atomic E-state index is 2.34. The van der Waals surface area contributed by atoms with E-state index in [0.717, 1.165) is 13.0 Å². The van der Waals surface area contributed by atoms with Crippen molar-refractivity contribution in [3.8, 4) is 0 Å². The summed E-state index contributed by atoms with van der Waals surface area (Å²) >= 11 is 0. The zero-order valence-electron chi connectivity index (χ0n) is 10.1. The summed E-state index contributed by atoms with van der Waals surface area (Å²) in [6.07, 6.45) is 4.65. The average molecular weight is 183 g/mol. The first-order valence-electron chi connectivity index (χ1n) is 5.31. The van der Waals surface area contributed by atoms with Gasteiger partial charge in [0.05, 0.1) is 0 Å². The Morgan fingerprint density at radius 3 is 2.08 bits per heavy atom. The van der Waals surface area contributed by atoms with Gasteiger partial charge in [0.15, 0.2) is 0 Å². The van der Waals surface area contributed by atoms with Gasteiger partial charge in [-0.1, -0.05) is 33.8 Å². The van der Waals surface area contributed by atoms with Crippen LogP contribution in [0.1, 0.15) is 47.5 Å². The van der Waals surface area contributed by atoms with Crippen LogP contribution in [0.3, 0.4) is 0 Å². The summed E-state index contributed by atoms with van der Waals surface area (Å²) in [5.74, 6) is 0. The summed E-state index contributed by atoms with van der Waals surface area (Å²) in [4.78, 5) is 2.34. The van der Waals surface area contributed by atoms with Crippen LogP contribution in [0.4, 0.5) is 0 Å². The first kappa shape index (κ1) is 12.5. The molecule has 0 bridgehead atoms. The van der Waals surface area contributed by atoms with Gasteiger partial charge in [-0.25, -0.2) is 0 Å². The first-order chi connectivity index (χ1) is 5.90. The van der Waals surface area contributed by atoms with Crippen LogP contribution in [0.15, 0.2) is 11.8 Å². The Bertz CT molecular complexity index is 162. The Balaban J connectivity index is 4.36. The molecule has 0 saturated heterocycles. The van der Waals surface area contributed by atoms with Crippen molar-refractivity contribution in [2.24, 2.45) is 5.41 Å². The number of hydrogen-bond donors (Lipinski definition) is 0. The zero-order valence-corrected chi connectivity index (χ0v) is 10.1. The molecule has 0 heterocycles. The van der Waals surface area contributed by atoms with Crippen LogP contribution >= 0.6 is 0 Å². The maximum atomic E-state index is 2.34. The third kappa shape index (κ3) is 5.73. The SMILES string of the molecule is CC/C=C(\CC(C)(C)C)N(C)CC. The Hall–Kier alpha value is -0.460. The van der Waals surface area contributed by atoms with Gasteiger partial charge in [-0.15, -0.1) is 0 Å².